The van der Waals surface area contributed by atoms with Crippen molar-refractivity contribution in [3.05, 3.63) is 46.4 Å². The summed E-state index contributed by atoms with van der Waals surface area (Å²) < 4.78 is 11.0. The van der Waals surface area contributed by atoms with Crippen molar-refractivity contribution in [3.63, 3.8) is 0 Å². The number of ether oxygens (including phenoxy) is 2. The second-order valence-corrected chi connectivity index (χ2v) is 7.98. The molecule has 9 nitrogen and oxygen atoms in total. The van der Waals surface area contributed by atoms with Gasteiger partial charge in [-0.2, -0.15) is 0 Å². The van der Waals surface area contributed by atoms with E-state index in [4.69, 9.17) is 32.7 Å². The van der Waals surface area contributed by atoms with Crippen LogP contribution in [-0.2, 0) is 9.59 Å². The fourth-order valence-corrected chi connectivity index (χ4v) is 3.74. The van der Waals surface area contributed by atoms with Crippen molar-refractivity contribution >= 4 is 52.4 Å². The number of benzene rings is 2. The molecule has 2 aromatic carbocycles. The van der Waals surface area contributed by atoms with Crippen LogP contribution in [0.3, 0.4) is 0 Å². The Kier molecular flexibility index (Phi) is 6.57. The summed E-state index contributed by atoms with van der Waals surface area (Å²) in [6, 6.07) is 8.21. The van der Waals surface area contributed by atoms with Crippen LogP contribution in [0.2, 0.25) is 10.0 Å². The van der Waals surface area contributed by atoms with Crippen molar-refractivity contribution < 1.29 is 23.9 Å². The molecule has 0 saturated carbocycles. The summed E-state index contributed by atoms with van der Waals surface area (Å²) in [6.45, 7) is 1.43. The number of nitrogens with zero attached hydrogens (tertiary/aromatic N) is 1. The van der Waals surface area contributed by atoms with E-state index in [-0.39, 0.29) is 24.5 Å². The van der Waals surface area contributed by atoms with E-state index >= 15 is 0 Å². The Morgan fingerprint density at radius 2 is 1.72 bits per heavy atom. The molecule has 1 atom stereocenters. The number of hydrogen-bond acceptors (Lipinski definition) is 5. The summed E-state index contributed by atoms with van der Waals surface area (Å²) in [5, 5.41) is 8.76. The van der Waals surface area contributed by atoms with Crippen LogP contribution in [0.1, 0.15) is 6.42 Å². The average Bonchev–Trinajstić information content (AvgIpc) is 2.77. The van der Waals surface area contributed by atoms with E-state index < -0.39 is 23.9 Å². The minimum atomic E-state index is -0.969. The van der Waals surface area contributed by atoms with Gasteiger partial charge in [0, 0.05) is 30.5 Å². The van der Waals surface area contributed by atoms with E-state index in [0.29, 0.717) is 41.1 Å². The molecule has 0 aliphatic carbocycles. The molecule has 2 heterocycles. The van der Waals surface area contributed by atoms with E-state index in [1.54, 1.807) is 30.3 Å². The second kappa shape index (κ2) is 9.54. The van der Waals surface area contributed by atoms with Crippen LogP contribution < -0.4 is 25.4 Å². The highest BCUT2D eigenvalue weighted by atomic mass is 35.5. The van der Waals surface area contributed by atoms with Crippen LogP contribution in [0.15, 0.2) is 36.4 Å². The maximum Gasteiger partial charge on any atom is 0.322 e. The van der Waals surface area contributed by atoms with Gasteiger partial charge in [0.1, 0.15) is 19.3 Å². The van der Waals surface area contributed by atoms with Gasteiger partial charge in [-0.3, -0.25) is 9.59 Å². The molecule has 1 saturated heterocycles. The zero-order valence-electron chi connectivity index (χ0n) is 16.8. The molecule has 32 heavy (non-hydrogen) atoms. The first-order chi connectivity index (χ1) is 15.4. The summed E-state index contributed by atoms with van der Waals surface area (Å²) in [4.78, 5) is 39.2. The number of urea groups is 1. The Hall–Kier alpha value is -3.17. The minimum absolute atomic E-state index is 0.213. The van der Waals surface area contributed by atoms with Crippen LogP contribution >= 0.6 is 23.2 Å². The number of hydrogen-bond donors (Lipinski definition) is 3. The number of fused-ring (bicyclic) bond motifs is 1. The zero-order chi connectivity index (χ0) is 22.7. The monoisotopic (exact) mass is 478 g/mol. The van der Waals surface area contributed by atoms with Gasteiger partial charge in [-0.25, -0.2) is 4.79 Å². The molecule has 2 aromatic rings. The van der Waals surface area contributed by atoms with Crippen molar-refractivity contribution in [3.8, 4) is 11.5 Å². The summed E-state index contributed by atoms with van der Waals surface area (Å²) in [5.41, 5.74) is 0.928. The zero-order valence-corrected chi connectivity index (χ0v) is 18.3. The molecule has 2 aliphatic heterocycles. The van der Waals surface area contributed by atoms with Crippen molar-refractivity contribution in [2.45, 2.75) is 12.5 Å². The fraction of sp³-hybridized carbons (Fsp3) is 0.286. The molecule has 4 rings (SSSR count). The first-order valence-corrected chi connectivity index (χ1v) is 10.7. The third kappa shape index (κ3) is 5.00. The topological polar surface area (TPSA) is 109 Å². The Labute approximate surface area is 193 Å². The van der Waals surface area contributed by atoms with E-state index in [1.165, 1.54) is 11.0 Å². The lowest BCUT2D eigenvalue weighted by molar-refractivity contribution is -0.130. The Bertz CT molecular complexity index is 1060. The van der Waals surface area contributed by atoms with Crippen LogP contribution in [0.25, 0.3) is 0 Å². The number of amides is 4. The lowest BCUT2D eigenvalue weighted by Gasteiger charge is -2.34. The summed E-state index contributed by atoms with van der Waals surface area (Å²) in [6.07, 6.45) is -0.213. The molecule has 2 aliphatic rings. The van der Waals surface area contributed by atoms with E-state index in [0.717, 1.165) is 0 Å². The molecular formula is C21H20Cl2N4O5. The van der Waals surface area contributed by atoms with E-state index in [1.807, 2.05) is 0 Å². The standard InChI is InChI=1S/C21H20Cl2N4O5/c22-14-3-1-12(9-15(14)23)26-21(30)27-6-5-24-20(29)16(27)11-19(28)25-13-2-4-17-18(10-13)32-8-7-31-17/h1-4,9-10,16H,5-8,11H2,(H,24,29)(H,25,28)(H,26,30)/t16-/m1/s1. The lowest BCUT2D eigenvalue weighted by atomic mass is 10.1. The molecule has 0 aromatic heterocycles. The molecule has 3 N–H and O–H groups in total. The van der Waals surface area contributed by atoms with Gasteiger partial charge in [0.05, 0.1) is 16.5 Å². The number of halogens is 2. The molecule has 4 amide bonds. The molecule has 0 unspecified atom stereocenters. The number of carbonyl (C=O) groups excluding carboxylic acids is 3. The van der Waals surface area contributed by atoms with Gasteiger partial charge in [0.15, 0.2) is 11.5 Å². The Morgan fingerprint density at radius 1 is 1.00 bits per heavy atom. The molecule has 11 heteroatoms. The van der Waals surface area contributed by atoms with Crippen LogP contribution in [0.4, 0.5) is 16.2 Å². The highest BCUT2D eigenvalue weighted by Gasteiger charge is 2.35. The van der Waals surface area contributed by atoms with Crippen LogP contribution in [0.5, 0.6) is 11.5 Å². The highest BCUT2D eigenvalue weighted by molar-refractivity contribution is 6.42. The Morgan fingerprint density at radius 3 is 2.50 bits per heavy atom. The van der Waals surface area contributed by atoms with Crippen LogP contribution in [0, 0.1) is 0 Å². The summed E-state index contributed by atoms with van der Waals surface area (Å²) in [5.74, 6) is 0.312. The lowest BCUT2D eigenvalue weighted by Crippen LogP contribution is -2.59. The third-order valence-corrected chi connectivity index (χ3v) is 5.71. The quantitative estimate of drug-likeness (QED) is 0.625. The van der Waals surface area contributed by atoms with Gasteiger partial charge in [0.25, 0.3) is 0 Å². The number of rotatable bonds is 4. The average molecular weight is 479 g/mol. The maximum atomic E-state index is 12.8. The molecule has 0 bridgehead atoms. The summed E-state index contributed by atoms with van der Waals surface area (Å²) >= 11 is 11.9. The number of piperazine rings is 1. The van der Waals surface area contributed by atoms with Gasteiger partial charge >= 0.3 is 6.03 Å². The maximum absolute atomic E-state index is 12.8. The van der Waals surface area contributed by atoms with Gasteiger partial charge in [0.2, 0.25) is 11.8 Å². The largest absolute Gasteiger partial charge is 0.486 e. The minimum Gasteiger partial charge on any atom is -0.486 e. The molecule has 0 radical (unpaired) electrons. The number of anilines is 2. The van der Waals surface area contributed by atoms with Crippen molar-refractivity contribution in [1.29, 1.82) is 0 Å². The molecule has 0 spiro atoms. The molecule has 168 valence electrons. The third-order valence-electron chi connectivity index (χ3n) is 4.97. The van der Waals surface area contributed by atoms with Gasteiger partial charge in [-0.05, 0) is 30.3 Å². The second-order valence-electron chi connectivity index (χ2n) is 7.17. The molecular weight excluding hydrogens is 459 g/mol. The number of nitrogens with one attached hydrogen (secondary N) is 3. The SMILES string of the molecule is O=C(C[C@@H]1C(=O)NCCN1C(=O)Nc1ccc(Cl)c(Cl)c1)Nc1ccc2c(c1)OCCO2. The van der Waals surface area contributed by atoms with Gasteiger partial charge in [-0.15, -0.1) is 0 Å². The smallest absolute Gasteiger partial charge is 0.322 e. The van der Waals surface area contributed by atoms with Crippen molar-refractivity contribution in [2.24, 2.45) is 0 Å². The highest BCUT2D eigenvalue weighted by Crippen LogP contribution is 2.32. The Balaban J connectivity index is 1.42. The van der Waals surface area contributed by atoms with Crippen molar-refractivity contribution in [2.75, 3.05) is 36.9 Å². The first-order valence-electron chi connectivity index (χ1n) is 9.90. The van der Waals surface area contributed by atoms with Gasteiger partial charge < -0.3 is 30.3 Å². The predicted molar refractivity (Wildman–Crippen MR) is 120 cm³/mol. The van der Waals surface area contributed by atoms with Crippen molar-refractivity contribution in [1.82, 2.24) is 10.2 Å². The van der Waals surface area contributed by atoms with Crippen LogP contribution in [-0.4, -0.2) is 55.1 Å². The normalized spacial score (nSPS) is 17.4. The fourth-order valence-electron chi connectivity index (χ4n) is 3.44. The first kappa shape index (κ1) is 22.0. The van der Waals surface area contributed by atoms with E-state index in [9.17, 15) is 14.4 Å². The van der Waals surface area contributed by atoms with E-state index in [2.05, 4.69) is 16.0 Å². The van der Waals surface area contributed by atoms with Gasteiger partial charge in [-0.1, -0.05) is 23.2 Å². The predicted octanol–water partition coefficient (Wildman–Crippen LogP) is 3.13. The number of carbonyl (C=O) groups is 3. The summed E-state index contributed by atoms with van der Waals surface area (Å²) in [7, 11) is 0. The molecule has 1 fully saturated rings.